The van der Waals surface area contributed by atoms with Gasteiger partial charge in [-0.25, -0.2) is 8.78 Å². The lowest BCUT2D eigenvalue weighted by Gasteiger charge is -2.10. The molecule has 2 aromatic rings. The molecule has 0 aliphatic heterocycles. The van der Waals surface area contributed by atoms with Gasteiger partial charge in [0, 0.05) is 21.9 Å². The van der Waals surface area contributed by atoms with Crippen molar-refractivity contribution in [3.63, 3.8) is 0 Å². The van der Waals surface area contributed by atoms with Crippen LogP contribution in [-0.4, -0.2) is 0 Å². The van der Waals surface area contributed by atoms with E-state index in [4.69, 9.17) is 5.73 Å². The molecule has 2 rings (SSSR count). The molecule has 0 saturated carbocycles. The van der Waals surface area contributed by atoms with Crippen molar-refractivity contribution in [2.45, 2.75) is 19.4 Å². The van der Waals surface area contributed by atoms with Crippen molar-refractivity contribution in [3.8, 4) is 0 Å². The molecule has 1 heterocycles. The molecule has 1 aromatic heterocycles. The number of hydrogen-bond donors (Lipinski definition) is 1. The molecule has 1 unspecified atom stereocenters. The summed E-state index contributed by atoms with van der Waals surface area (Å²) in [6.45, 7) is 2.00. The molecule has 17 heavy (non-hydrogen) atoms. The van der Waals surface area contributed by atoms with Crippen LogP contribution in [0.15, 0.2) is 30.3 Å². The van der Waals surface area contributed by atoms with Crippen molar-refractivity contribution in [2.24, 2.45) is 5.73 Å². The number of rotatable bonds is 3. The Morgan fingerprint density at radius 3 is 2.59 bits per heavy atom. The van der Waals surface area contributed by atoms with Gasteiger partial charge in [-0.05, 0) is 37.1 Å². The zero-order chi connectivity index (χ0) is 12.4. The normalized spacial score (nSPS) is 12.7. The molecule has 1 aromatic carbocycles. The van der Waals surface area contributed by atoms with Gasteiger partial charge in [-0.1, -0.05) is 6.07 Å². The summed E-state index contributed by atoms with van der Waals surface area (Å²) in [4.78, 5) is 2.20. The highest BCUT2D eigenvalue weighted by molar-refractivity contribution is 7.12. The second-order valence-electron chi connectivity index (χ2n) is 3.99. The lowest BCUT2D eigenvalue weighted by Crippen LogP contribution is -2.12. The Kier molecular flexibility index (Phi) is 3.54. The lowest BCUT2D eigenvalue weighted by molar-refractivity contribution is 0.564. The van der Waals surface area contributed by atoms with Gasteiger partial charge in [-0.15, -0.1) is 11.3 Å². The second kappa shape index (κ2) is 4.94. The fraction of sp³-hybridized carbons (Fsp3) is 0.231. The molecule has 0 fully saturated rings. The Bertz CT molecular complexity index is 522. The Labute approximate surface area is 103 Å². The Hall–Kier alpha value is -1.26. The van der Waals surface area contributed by atoms with Crippen LogP contribution in [0, 0.1) is 18.6 Å². The van der Waals surface area contributed by atoms with Gasteiger partial charge < -0.3 is 5.73 Å². The summed E-state index contributed by atoms with van der Waals surface area (Å²) in [6.07, 6.45) is 0.381. The first-order chi connectivity index (χ1) is 8.06. The van der Waals surface area contributed by atoms with Crippen LogP contribution in [0.4, 0.5) is 8.78 Å². The summed E-state index contributed by atoms with van der Waals surface area (Å²) < 4.78 is 26.2. The summed E-state index contributed by atoms with van der Waals surface area (Å²) in [5, 5.41) is 0. The maximum Gasteiger partial charge on any atom is 0.129 e. The molecule has 1 nitrogen and oxygen atoms in total. The maximum absolute atomic E-state index is 13.4. The van der Waals surface area contributed by atoms with E-state index in [2.05, 4.69) is 0 Å². The summed E-state index contributed by atoms with van der Waals surface area (Å²) in [6, 6.07) is 7.29. The van der Waals surface area contributed by atoms with Crippen LogP contribution in [-0.2, 0) is 6.42 Å². The van der Waals surface area contributed by atoms with Crippen molar-refractivity contribution < 1.29 is 8.78 Å². The molecule has 0 aliphatic rings. The third kappa shape index (κ3) is 2.90. The molecule has 90 valence electrons. The van der Waals surface area contributed by atoms with Crippen LogP contribution in [0.1, 0.15) is 21.4 Å². The number of nitrogens with two attached hydrogens (primary N) is 1. The minimum atomic E-state index is -0.563. The molecule has 0 radical (unpaired) electrons. The largest absolute Gasteiger partial charge is 0.323 e. The van der Waals surface area contributed by atoms with Gasteiger partial charge in [0.15, 0.2) is 0 Å². The minimum absolute atomic E-state index is 0.242. The van der Waals surface area contributed by atoms with E-state index >= 15 is 0 Å². The Morgan fingerprint density at radius 1 is 1.24 bits per heavy atom. The first kappa shape index (κ1) is 12.2. The van der Waals surface area contributed by atoms with E-state index in [1.54, 1.807) is 11.3 Å². The van der Waals surface area contributed by atoms with E-state index in [1.165, 1.54) is 17.0 Å². The Balaban J connectivity index is 2.15. The van der Waals surface area contributed by atoms with E-state index in [0.29, 0.717) is 12.0 Å². The van der Waals surface area contributed by atoms with E-state index in [9.17, 15) is 8.78 Å². The summed E-state index contributed by atoms with van der Waals surface area (Å²) >= 11 is 1.60. The van der Waals surface area contributed by atoms with Gasteiger partial charge in [0.25, 0.3) is 0 Å². The molecule has 0 spiro atoms. The predicted molar refractivity (Wildman–Crippen MR) is 66.0 cm³/mol. The molecule has 0 bridgehead atoms. The first-order valence-corrected chi connectivity index (χ1v) is 6.14. The van der Waals surface area contributed by atoms with Gasteiger partial charge in [0.2, 0.25) is 0 Å². The van der Waals surface area contributed by atoms with E-state index < -0.39 is 11.6 Å². The van der Waals surface area contributed by atoms with Crippen LogP contribution in [0.2, 0.25) is 0 Å². The fourth-order valence-corrected chi connectivity index (χ4v) is 2.56. The molecule has 0 aliphatic carbocycles. The van der Waals surface area contributed by atoms with Gasteiger partial charge >= 0.3 is 0 Å². The molecular formula is C13H13F2NS. The van der Waals surface area contributed by atoms with Gasteiger partial charge in [0.05, 0.1) is 0 Å². The molecule has 2 N–H and O–H groups in total. The number of thiophene rings is 1. The highest BCUT2D eigenvalue weighted by Gasteiger charge is 2.12. The zero-order valence-electron chi connectivity index (χ0n) is 9.41. The van der Waals surface area contributed by atoms with Crippen LogP contribution in [0.3, 0.4) is 0 Å². The van der Waals surface area contributed by atoms with Crippen molar-refractivity contribution in [1.29, 1.82) is 0 Å². The van der Waals surface area contributed by atoms with Crippen LogP contribution in [0.5, 0.6) is 0 Å². The average Bonchev–Trinajstić information content (AvgIpc) is 2.69. The second-order valence-corrected chi connectivity index (χ2v) is 5.31. The average molecular weight is 253 g/mol. The van der Waals surface area contributed by atoms with E-state index in [1.807, 2.05) is 19.1 Å². The van der Waals surface area contributed by atoms with Crippen molar-refractivity contribution in [3.05, 3.63) is 57.3 Å². The maximum atomic E-state index is 13.4. The lowest BCUT2D eigenvalue weighted by atomic mass is 10.0. The number of benzene rings is 1. The highest BCUT2D eigenvalue weighted by atomic mass is 32.1. The van der Waals surface area contributed by atoms with E-state index in [-0.39, 0.29) is 6.04 Å². The van der Waals surface area contributed by atoms with Crippen molar-refractivity contribution >= 4 is 11.3 Å². The van der Waals surface area contributed by atoms with Gasteiger partial charge in [-0.2, -0.15) is 0 Å². The molecule has 0 amide bonds. The standard InChI is InChI=1S/C13H13F2NS/c1-8-2-5-13(17-8)12(16)6-9-3-4-10(14)7-11(9)15/h2-5,7,12H,6,16H2,1H3. The minimum Gasteiger partial charge on any atom is -0.323 e. The quantitative estimate of drug-likeness (QED) is 0.889. The molecule has 1 atom stereocenters. The summed E-state index contributed by atoms with van der Waals surface area (Å²) in [5.41, 5.74) is 6.45. The summed E-state index contributed by atoms with van der Waals surface area (Å²) in [5.74, 6) is -1.10. The number of hydrogen-bond acceptors (Lipinski definition) is 2. The smallest absolute Gasteiger partial charge is 0.129 e. The van der Waals surface area contributed by atoms with E-state index in [0.717, 1.165) is 10.9 Å². The third-order valence-electron chi connectivity index (χ3n) is 2.58. The Morgan fingerprint density at radius 2 is 2.00 bits per heavy atom. The molecule has 0 saturated heterocycles. The molecule has 4 heteroatoms. The summed E-state index contributed by atoms with van der Waals surface area (Å²) in [7, 11) is 0. The fourth-order valence-electron chi connectivity index (χ4n) is 1.68. The van der Waals surface area contributed by atoms with Gasteiger partial charge in [0.1, 0.15) is 11.6 Å². The predicted octanol–water partition coefficient (Wildman–Crippen LogP) is 3.58. The highest BCUT2D eigenvalue weighted by Crippen LogP contribution is 2.24. The van der Waals surface area contributed by atoms with Crippen LogP contribution < -0.4 is 5.73 Å². The SMILES string of the molecule is Cc1ccc(C(N)Cc2ccc(F)cc2F)s1. The van der Waals surface area contributed by atoms with Crippen molar-refractivity contribution in [2.75, 3.05) is 0 Å². The van der Waals surface area contributed by atoms with Crippen LogP contribution >= 0.6 is 11.3 Å². The molecular weight excluding hydrogens is 240 g/mol. The van der Waals surface area contributed by atoms with Gasteiger partial charge in [-0.3, -0.25) is 0 Å². The zero-order valence-corrected chi connectivity index (χ0v) is 10.2. The van der Waals surface area contributed by atoms with Crippen LogP contribution in [0.25, 0.3) is 0 Å². The number of aryl methyl sites for hydroxylation is 1. The monoisotopic (exact) mass is 253 g/mol. The number of halogens is 2. The topological polar surface area (TPSA) is 26.0 Å². The third-order valence-corrected chi connectivity index (χ3v) is 3.71. The first-order valence-electron chi connectivity index (χ1n) is 5.32. The van der Waals surface area contributed by atoms with Crippen molar-refractivity contribution in [1.82, 2.24) is 0 Å².